The number of alkyl halides is 3. The molecule has 3 nitrogen and oxygen atoms in total. The third kappa shape index (κ3) is 3.64. The van der Waals surface area contributed by atoms with Gasteiger partial charge < -0.3 is 0 Å². The lowest BCUT2D eigenvalue weighted by molar-refractivity contribution is -0.153. The number of hydrogen-bond acceptors (Lipinski definition) is 3. The van der Waals surface area contributed by atoms with Crippen LogP contribution < -0.4 is 0 Å². The van der Waals surface area contributed by atoms with Gasteiger partial charge in [0.25, 0.3) is 0 Å². The minimum atomic E-state index is -5.01. The molecule has 0 spiro atoms. The van der Waals surface area contributed by atoms with E-state index in [1.807, 2.05) is 0 Å². The van der Waals surface area contributed by atoms with Gasteiger partial charge >= 0.3 is 6.18 Å². The average Bonchev–Trinajstić information content (AvgIpc) is 2.28. The van der Waals surface area contributed by atoms with Crippen LogP contribution in [0.2, 0.25) is 0 Å². The van der Waals surface area contributed by atoms with Gasteiger partial charge in [-0.3, -0.25) is 0 Å². The Hall–Kier alpha value is -1.69. The molecule has 0 fully saturated rings. The molecule has 1 atom stereocenters. The van der Waals surface area contributed by atoms with Gasteiger partial charge in [-0.2, -0.15) is 18.4 Å². The predicted octanol–water partition coefficient (Wildman–Crippen LogP) is 2.44. The van der Waals surface area contributed by atoms with Crippen LogP contribution in [0.25, 0.3) is 0 Å². The van der Waals surface area contributed by atoms with E-state index >= 15 is 0 Å². The second kappa shape index (κ2) is 5.13. The van der Waals surface area contributed by atoms with E-state index < -0.39 is 44.2 Å². The van der Waals surface area contributed by atoms with Gasteiger partial charge in [0.1, 0.15) is 0 Å². The number of benzene rings is 1. The molecule has 0 saturated carbocycles. The lowest BCUT2D eigenvalue weighted by Crippen LogP contribution is -2.29. The van der Waals surface area contributed by atoms with E-state index in [1.165, 1.54) is 0 Å². The lowest BCUT2D eigenvalue weighted by atomic mass is 10.2. The fourth-order valence-corrected chi connectivity index (χ4v) is 2.64. The van der Waals surface area contributed by atoms with Crippen LogP contribution in [0, 0.1) is 28.9 Å². The molecule has 0 bridgehead atoms. The van der Waals surface area contributed by atoms with Gasteiger partial charge in [0.15, 0.2) is 27.4 Å². The fraction of sp³-hybridized carbons (Fsp3) is 0.300. The summed E-state index contributed by atoms with van der Waals surface area (Å²) in [5.74, 6) is -7.10. The summed E-state index contributed by atoms with van der Waals surface area (Å²) >= 11 is 0. The highest BCUT2D eigenvalue weighted by molar-refractivity contribution is 7.91. The van der Waals surface area contributed by atoms with Crippen LogP contribution in [-0.2, 0) is 9.84 Å². The molecule has 0 radical (unpaired) electrons. The maximum Gasteiger partial charge on any atom is 0.405 e. The summed E-state index contributed by atoms with van der Waals surface area (Å²) in [5, 5.41) is 8.30. The predicted molar refractivity (Wildman–Crippen MR) is 53.6 cm³/mol. The van der Waals surface area contributed by atoms with Crippen LogP contribution >= 0.6 is 0 Å². The zero-order chi connectivity index (χ0) is 14.8. The van der Waals surface area contributed by atoms with Crippen LogP contribution in [0.1, 0.15) is 0 Å². The average molecular weight is 299 g/mol. The second-order valence-electron chi connectivity index (χ2n) is 3.58. The van der Waals surface area contributed by atoms with Crippen molar-refractivity contribution in [2.45, 2.75) is 11.1 Å². The Morgan fingerprint density at radius 3 is 2.21 bits per heavy atom. The Balaban J connectivity index is 3.12. The van der Waals surface area contributed by atoms with Gasteiger partial charge in [-0.1, -0.05) is 0 Å². The van der Waals surface area contributed by atoms with E-state index in [0.29, 0.717) is 12.1 Å². The molecule has 0 saturated heterocycles. The molecule has 1 aromatic rings. The molecule has 0 aliphatic heterocycles. The van der Waals surface area contributed by atoms with Crippen molar-refractivity contribution in [2.24, 2.45) is 5.92 Å². The van der Waals surface area contributed by atoms with E-state index in [4.69, 9.17) is 5.26 Å². The number of nitriles is 1. The fourth-order valence-electron chi connectivity index (χ4n) is 1.19. The zero-order valence-electron chi connectivity index (χ0n) is 9.08. The molecule has 0 N–H and O–H groups in total. The molecule has 1 aromatic carbocycles. The third-order valence-electron chi connectivity index (χ3n) is 2.19. The van der Waals surface area contributed by atoms with Gasteiger partial charge in [0, 0.05) is 0 Å². The summed E-state index contributed by atoms with van der Waals surface area (Å²) in [6.45, 7) is 0. The summed E-state index contributed by atoms with van der Waals surface area (Å²) in [6.07, 6.45) is -5.01. The first kappa shape index (κ1) is 15.4. The largest absolute Gasteiger partial charge is 0.405 e. The maximum atomic E-state index is 12.8. The minimum absolute atomic E-state index is 0.273. The molecule has 0 aliphatic carbocycles. The van der Waals surface area contributed by atoms with Crippen LogP contribution in [-0.4, -0.2) is 20.3 Å². The Morgan fingerprint density at radius 1 is 1.21 bits per heavy atom. The molecule has 1 rings (SSSR count). The second-order valence-corrected chi connectivity index (χ2v) is 5.61. The SMILES string of the molecule is N#CC(CS(=O)(=O)c1ccc(F)c(F)c1)C(F)(F)F. The van der Waals surface area contributed by atoms with Gasteiger partial charge in [0.2, 0.25) is 0 Å². The number of sulfone groups is 1. The van der Waals surface area contributed by atoms with E-state index in [0.717, 1.165) is 6.07 Å². The Morgan fingerprint density at radius 2 is 1.79 bits per heavy atom. The topological polar surface area (TPSA) is 57.9 Å². The number of halogens is 5. The van der Waals surface area contributed by atoms with Crippen molar-refractivity contribution in [3.63, 3.8) is 0 Å². The van der Waals surface area contributed by atoms with Crippen LogP contribution in [0.15, 0.2) is 23.1 Å². The minimum Gasteiger partial charge on any atom is -0.224 e. The number of nitrogens with zero attached hydrogens (tertiary/aromatic N) is 1. The standard InChI is InChI=1S/C10H6F5NO2S/c11-8-2-1-7(3-9(8)12)19(17,18)5-6(4-16)10(13,14)15/h1-3,6H,5H2. The monoisotopic (exact) mass is 299 g/mol. The highest BCUT2D eigenvalue weighted by atomic mass is 32.2. The zero-order valence-corrected chi connectivity index (χ0v) is 9.89. The molecule has 0 aromatic heterocycles. The molecule has 19 heavy (non-hydrogen) atoms. The summed E-state index contributed by atoms with van der Waals surface area (Å²) in [5.41, 5.74) is 0. The molecular formula is C10H6F5NO2S. The van der Waals surface area contributed by atoms with Crippen LogP contribution in [0.3, 0.4) is 0 Å². The first-order valence-electron chi connectivity index (χ1n) is 4.72. The maximum absolute atomic E-state index is 12.8. The third-order valence-corrected chi connectivity index (χ3v) is 3.93. The molecule has 1 unspecified atom stereocenters. The summed E-state index contributed by atoms with van der Waals surface area (Å²) in [6, 6.07) is 2.22. The van der Waals surface area contributed by atoms with Crippen molar-refractivity contribution < 1.29 is 30.4 Å². The highest BCUT2D eigenvalue weighted by Gasteiger charge is 2.43. The van der Waals surface area contributed by atoms with Crippen molar-refractivity contribution in [1.82, 2.24) is 0 Å². The highest BCUT2D eigenvalue weighted by Crippen LogP contribution is 2.28. The van der Waals surface area contributed by atoms with Crippen molar-refractivity contribution in [2.75, 3.05) is 5.75 Å². The molecule has 0 amide bonds. The number of rotatable bonds is 3. The summed E-state index contributed by atoms with van der Waals surface area (Å²) < 4.78 is 85.4. The van der Waals surface area contributed by atoms with Gasteiger partial charge in [0.05, 0.1) is 16.7 Å². The van der Waals surface area contributed by atoms with Crippen LogP contribution in [0.4, 0.5) is 22.0 Å². The first-order chi connectivity index (χ1) is 8.58. The van der Waals surface area contributed by atoms with Crippen LogP contribution in [0.5, 0.6) is 0 Å². The molecule has 104 valence electrons. The van der Waals surface area contributed by atoms with E-state index in [9.17, 15) is 30.4 Å². The smallest absolute Gasteiger partial charge is 0.224 e. The normalized spacial score (nSPS) is 13.9. The molecular weight excluding hydrogens is 293 g/mol. The van der Waals surface area contributed by atoms with Crippen molar-refractivity contribution in [3.05, 3.63) is 29.8 Å². The quantitative estimate of drug-likeness (QED) is 0.636. The van der Waals surface area contributed by atoms with Crippen molar-refractivity contribution in [3.8, 4) is 6.07 Å². The van der Waals surface area contributed by atoms with E-state index in [1.54, 1.807) is 0 Å². The van der Waals surface area contributed by atoms with Gasteiger partial charge in [-0.25, -0.2) is 17.2 Å². The summed E-state index contributed by atoms with van der Waals surface area (Å²) in [7, 11) is -4.54. The molecule has 0 heterocycles. The molecule has 9 heteroatoms. The Bertz CT molecular complexity index is 618. The van der Waals surface area contributed by atoms with Gasteiger partial charge in [-0.05, 0) is 18.2 Å². The molecule has 0 aliphatic rings. The Kier molecular flexibility index (Phi) is 4.15. The van der Waals surface area contributed by atoms with Crippen molar-refractivity contribution >= 4 is 9.84 Å². The number of hydrogen-bond donors (Lipinski definition) is 0. The lowest BCUT2D eigenvalue weighted by Gasteiger charge is -2.13. The van der Waals surface area contributed by atoms with Gasteiger partial charge in [-0.15, -0.1) is 0 Å². The van der Waals surface area contributed by atoms with E-state index in [-0.39, 0.29) is 6.07 Å². The Labute approximate surface area is 105 Å². The van der Waals surface area contributed by atoms with E-state index in [2.05, 4.69) is 0 Å². The first-order valence-corrected chi connectivity index (χ1v) is 6.37. The summed E-state index contributed by atoms with van der Waals surface area (Å²) in [4.78, 5) is -0.809. The van der Waals surface area contributed by atoms with Crippen molar-refractivity contribution in [1.29, 1.82) is 5.26 Å².